The zero-order valence-electron chi connectivity index (χ0n) is 13.1. The van der Waals surface area contributed by atoms with Gasteiger partial charge in [0.25, 0.3) is 0 Å². The van der Waals surface area contributed by atoms with Crippen molar-refractivity contribution in [3.05, 3.63) is 51.2 Å². The summed E-state index contributed by atoms with van der Waals surface area (Å²) in [5.74, 6) is 1.71. The number of halogens is 1. The van der Waals surface area contributed by atoms with Crippen LogP contribution in [-0.2, 0) is 19.2 Å². The maximum atomic E-state index is 6.21. The summed E-state index contributed by atoms with van der Waals surface area (Å²) in [6, 6.07) is 10.1. The van der Waals surface area contributed by atoms with E-state index in [1.54, 1.807) is 23.1 Å². The molecule has 1 aromatic carbocycles. The molecule has 0 aliphatic carbocycles. The number of benzene rings is 1. The highest BCUT2D eigenvalue weighted by Crippen LogP contribution is 2.29. The van der Waals surface area contributed by atoms with E-state index in [-0.39, 0.29) is 0 Å². The fourth-order valence-corrected chi connectivity index (χ4v) is 4.49. The van der Waals surface area contributed by atoms with Gasteiger partial charge in [0.15, 0.2) is 11.0 Å². The predicted octanol–water partition coefficient (Wildman–Crippen LogP) is 5.44. The van der Waals surface area contributed by atoms with Gasteiger partial charge in [0.05, 0.1) is 0 Å². The molecule has 0 unspecified atom stereocenters. The molecular weight excluding hydrogens is 346 g/mol. The fourth-order valence-electron chi connectivity index (χ4n) is 2.33. The van der Waals surface area contributed by atoms with Gasteiger partial charge in [0.1, 0.15) is 0 Å². The molecule has 3 aromatic rings. The van der Waals surface area contributed by atoms with Gasteiger partial charge in [-0.3, -0.25) is 0 Å². The Hall–Kier alpha value is -1.30. The molecule has 0 atom stereocenters. The van der Waals surface area contributed by atoms with Crippen LogP contribution in [0.1, 0.15) is 23.8 Å². The molecule has 3 nitrogen and oxygen atoms in total. The van der Waals surface area contributed by atoms with E-state index in [4.69, 9.17) is 11.6 Å². The third kappa shape index (κ3) is 3.79. The zero-order valence-corrected chi connectivity index (χ0v) is 15.5. The van der Waals surface area contributed by atoms with Gasteiger partial charge in [-0.2, -0.15) is 0 Å². The van der Waals surface area contributed by atoms with Crippen molar-refractivity contribution in [2.24, 2.45) is 7.05 Å². The average Bonchev–Trinajstić information content (AvgIpc) is 3.14. The smallest absolute Gasteiger partial charge is 0.191 e. The van der Waals surface area contributed by atoms with E-state index in [1.807, 2.05) is 31.3 Å². The summed E-state index contributed by atoms with van der Waals surface area (Å²) < 4.78 is 2.05. The number of rotatable bonds is 6. The highest BCUT2D eigenvalue weighted by Gasteiger charge is 2.13. The first-order valence-electron chi connectivity index (χ1n) is 7.52. The summed E-state index contributed by atoms with van der Waals surface area (Å²) in [4.78, 5) is 1.40. The minimum atomic E-state index is 0.788. The van der Waals surface area contributed by atoms with Crippen molar-refractivity contribution in [1.82, 2.24) is 14.8 Å². The molecule has 0 saturated carbocycles. The summed E-state index contributed by atoms with van der Waals surface area (Å²) in [6.07, 6.45) is 2.29. The first-order valence-corrected chi connectivity index (χ1v) is 9.76. The quantitative estimate of drug-likeness (QED) is 0.546. The second kappa shape index (κ2) is 7.51. The van der Waals surface area contributed by atoms with Crippen LogP contribution in [-0.4, -0.2) is 14.8 Å². The van der Waals surface area contributed by atoms with Crippen LogP contribution in [0.5, 0.6) is 0 Å². The van der Waals surface area contributed by atoms with Gasteiger partial charge >= 0.3 is 0 Å². The van der Waals surface area contributed by atoms with Crippen LogP contribution >= 0.6 is 34.7 Å². The molecule has 120 valence electrons. The Bertz CT molecular complexity index is 795. The average molecular weight is 364 g/mol. The van der Waals surface area contributed by atoms with Crippen LogP contribution in [0.3, 0.4) is 0 Å². The van der Waals surface area contributed by atoms with E-state index in [2.05, 4.69) is 33.1 Å². The van der Waals surface area contributed by atoms with Crippen LogP contribution in [0.4, 0.5) is 0 Å². The van der Waals surface area contributed by atoms with Gasteiger partial charge in [0.2, 0.25) is 0 Å². The molecule has 0 spiro atoms. The maximum absolute atomic E-state index is 6.21. The number of aryl methyl sites for hydroxylation is 1. The van der Waals surface area contributed by atoms with Crippen LogP contribution in [0.25, 0.3) is 11.4 Å². The number of thiophene rings is 1. The third-order valence-electron chi connectivity index (χ3n) is 3.56. The van der Waals surface area contributed by atoms with Crippen molar-refractivity contribution >= 4 is 34.7 Å². The molecular formula is C17H18ClN3S2. The van der Waals surface area contributed by atoms with Gasteiger partial charge in [-0.05, 0) is 24.1 Å². The topological polar surface area (TPSA) is 30.7 Å². The Kier molecular flexibility index (Phi) is 5.41. The molecule has 6 heteroatoms. The van der Waals surface area contributed by atoms with Crippen LogP contribution in [0.2, 0.25) is 5.02 Å². The van der Waals surface area contributed by atoms with Crippen LogP contribution in [0, 0.1) is 0 Å². The van der Waals surface area contributed by atoms with Crippen molar-refractivity contribution in [3.8, 4) is 11.4 Å². The molecule has 0 bridgehead atoms. The van der Waals surface area contributed by atoms with E-state index in [0.29, 0.717) is 0 Å². The summed E-state index contributed by atoms with van der Waals surface area (Å²) in [5, 5.41) is 12.6. The van der Waals surface area contributed by atoms with E-state index in [1.165, 1.54) is 4.88 Å². The fraction of sp³-hybridized carbons (Fsp3) is 0.294. The molecule has 23 heavy (non-hydrogen) atoms. The number of aromatic nitrogens is 3. The Balaban J connectivity index is 1.75. The van der Waals surface area contributed by atoms with E-state index < -0.39 is 0 Å². The maximum Gasteiger partial charge on any atom is 0.191 e. The number of hydrogen-bond donors (Lipinski definition) is 0. The Morgan fingerprint density at radius 2 is 2.09 bits per heavy atom. The minimum Gasteiger partial charge on any atom is -0.305 e. The molecule has 0 radical (unpaired) electrons. The normalized spacial score (nSPS) is 11.1. The van der Waals surface area contributed by atoms with Gasteiger partial charge in [-0.1, -0.05) is 54.9 Å². The Morgan fingerprint density at radius 3 is 2.87 bits per heavy atom. The monoisotopic (exact) mass is 363 g/mol. The highest BCUT2D eigenvalue weighted by atomic mass is 35.5. The summed E-state index contributed by atoms with van der Waals surface area (Å²) in [6.45, 7) is 2.20. The van der Waals surface area contributed by atoms with E-state index in [9.17, 15) is 0 Å². The Labute approximate surface area is 149 Å². The predicted molar refractivity (Wildman–Crippen MR) is 99.3 cm³/mol. The molecule has 3 rings (SSSR count). The van der Waals surface area contributed by atoms with E-state index >= 15 is 0 Å². The summed E-state index contributed by atoms with van der Waals surface area (Å²) in [5.41, 5.74) is 2.27. The zero-order chi connectivity index (χ0) is 16.2. The molecule has 2 aromatic heterocycles. The second-order valence-electron chi connectivity index (χ2n) is 5.30. The van der Waals surface area contributed by atoms with Crippen molar-refractivity contribution < 1.29 is 0 Å². The molecule has 0 fully saturated rings. The van der Waals surface area contributed by atoms with Gasteiger partial charge in [-0.15, -0.1) is 21.5 Å². The number of hydrogen-bond acceptors (Lipinski definition) is 4. The lowest BCUT2D eigenvalue weighted by molar-refractivity contribution is 0.794. The van der Waals surface area contributed by atoms with Gasteiger partial charge < -0.3 is 4.57 Å². The van der Waals surface area contributed by atoms with Crippen molar-refractivity contribution in [2.75, 3.05) is 0 Å². The first kappa shape index (κ1) is 16.6. The molecule has 0 aliphatic rings. The third-order valence-corrected chi connectivity index (χ3v) is 5.99. The number of thioether (sulfide) groups is 1. The van der Waals surface area contributed by atoms with Gasteiger partial charge in [0, 0.05) is 33.6 Å². The van der Waals surface area contributed by atoms with Crippen LogP contribution < -0.4 is 0 Å². The van der Waals surface area contributed by atoms with Crippen LogP contribution in [0.15, 0.2) is 40.9 Å². The largest absolute Gasteiger partial charge is 0.305 e. The number of nitrogens with zero attached hydrogens (tertiary/aromatic N) is 3. The molecule has 0 amide bonds. The highest BCUT2D eigenvalue weighted by molar-refractivity contribution is 7.98. The molecule has 2 heterocycles. The molecule has 0 saturated heterocycles. The summed E-state index contributed by atoms with van der Waals surface area (Å²) >= 11 is 9.66. The molecule has 0 aliphatic heterocycles. The lowest BCUT2D eigenvalue weighted by atomic mass is 10.2. The standard InChI is InChI=1S/C17H18ClN3S2/c1-3-6-14-9-13(11-22-14)16-19-20-17(21(16)2)23-10-12-7-4-5-8-15(12)18/h4-5,7-9,11H,3,6,10H2,1-2H3. The van der Waals surface area contributed by atoms with Gasteiger partial charge in [-0.25, -0.2) is 0 Å². The van der Waals surface area contributed by atoms with Crippen molar-refractivity contribution in [1.29, 1.82) is 0 Å². The summed E-state index contributed by atoms with van der Waals surface area (Å²) in [7, 11) is 2.02. The molecule has 0 N–H and O–H groups in total. The lowest BCUT2D eigenvalue weighted by Gasteiger charge is -2.04. The minimum absolute atomic E-state index is 0.788. The lowest BCUT2D eigenvalue weighted by Crippen LogP contribution is -1.94. The second-order valence-corrected chi connectivity index (χ2v) is 7.64. The van der Waals surface area contributed by atoms with Crippen molar-refractivity contribution in [3.63, 3.8) is 0 Å². The first-order chi connectivity index (χ1) is 11.2. The SMILES string of the molecule is CCCc1cc(-c2nnc(SCc3ccccc3Cl)n2C)cs1. The van der Waals surface area contributed by atoms with Crippen molar-refractivity contribution in [2.45, 2.75) is 30.7 Å². The Morgan fingerprint density at radius 1 is 1.26 bits per heavy atom. The van der Waals surface area contributed by atoms with E-state index in [0.717, 1.165) is 45.7 Å².